The molecule has 10 heavy (non-hydrogen) atoms. The zero-order valence-electron chi connectivity index (χ0n) is 4.89. The number of rotatable bonds is 1. The molecule has 1 aliphatic heterocycles. The van der Waals surface area contributed by atoms with Gasteiger partial charge in [0, 0.05) is 6.08 Å². The van der Waals surface area contributed by atoms with Crippen molar-refractivity contribution >= 4 is 11.9 Å². The molecule has 0 saturated carbocycles. The summed E-state index contributed by atoms with van der Waals surface area (Å²) in [5.74, 6) is -1.62. The minimum Gasteiger partial charge on any atom is -0.479 e. The van der Waals surface area contributed by atoms with Gasteiger partial charge in [0.2, 0.25) is 0 Å². The zero-order valence-corrected chi connectivity index (χ0v) is 4.89. The van der Waals surface area contributed by atoms with Gasteiger partial charge in [0.15, 0.2) is 6.04 Å². The van der Waals surface area contributed by atoms with E-state index in [2.05, 4.69) is 10.2 Å². The lowest BCUT2D eigenvalue weighted by Crippen LogP contribution is -2.17. The van der Waals surface area contributed by atoms with Gasteiger partial charge in [-0.1, -0.05) is 0 Å². The average molecular weight is 140 g/mol. The van der Waals surface area contributed by atoms with E-state index in [4.69, 9.17) is 5.11 Å². The first-order valence-electron chi connectivity index (χ1n) is 2.56. The lowest BCUT2D eigenvalue weighted by molar-refractivity contribution is -0.137. The highest BCUT2D eigenvalue weighted by Gasteiger charge is 2.15. The van der Waals surface area contributed by atoms with Gasteiger partial charge >= 0.3 is 5.97 Å². The SMILES string of the molecule is O=C1C=C[C@H](C(=O)O)N=N1. The highest BCUT2D eigenvalue weighted by molar-refractivity contribution is 5.90. The Labute approximate surface area is 56.1 Å². The van der Waals surface area contributed by atoms with E-state index < -0.39 is 17.9 Å². The molecule has 5 heteroatoms. The normalized spacial score (nSPS) is 23.2. The summed E-state index contributed by atoms with van der Waals surface area (Å²) in [6.07, 6.45) is 2.28. The molecule has 0 unspecified atom stereocenters. The Morgan fingerprint density at radius 1 is 1.70 bits per heavy atom. The minimum atomic E-state index is -1.10. The Kier molecular flexibility index (Phi) is 1.57. The number of nitrogens with zero attached hydrogens (tertiary/aromatic N) is 2. The molecule has 1 heterocycles. The number of aliphatic carboxylic acids is 1. The number of carbonyl (C=O) groups is 2. The van der Waals surface area contributed by atoms with E-state index in [1.54, 1.807) is 0 Å². The Morgan fingerprint density at radius 2 is 2.40 bits per heavy atom. The molecule has 1 amide bonds. The first-order chi connectivity index (χ1) is 4.70. The van der Waals surface area contributed by atoms with E-state index in [1.807, 2.05) is 0 Å². The minimum absolute atomic E-state index is 0.516. The summed E-state index contributed by atoms with van der Waals surface area (Å²) in [4.78, 5) is 20.4. The molecule has 0 spiro atoms. The summed E-state index contributed by atoms with van der Waals surface area (Å²) < 4.78 is 0. The van der Waals surface area contributed by atoms with Gasteiger partial charge in [-0.25, -0.2) is 4.79 Å². The molecule has 1 N–H and O–H groups in total. The van der Waals surface area contributed by atoms with Crippen LogP contribution in [0.1, 0.15) is 0 Å². The number of carbonyl (C=O) groups excluding carboxylic acids is 1. The smallest absolute Gasteiger partial charge is 0.334 e. The summed E-state index contributed by atoms with van der Waals surface area (Å²) in [5, 5.41) is 14.6. The predicted octanol–water partition coefficient (Wildman–Crippen LogP) is -0.0118. The van der Waals surface area contributed by atoms with Gasteiger partial charge < -0.3 is 5.11 Å². The fraction of sp³-hybridized carbons (Fsp3) is 0.200. The molecular weight excluding hydrogens is 136 g/mol. The monoisotopic (exact) mass is 140 g/mol. The van der Waals surface area contributed by atoms with Crippen molar-refractivity contribution in [3.05, 3.63) is 12.2 Å². The van der Waals surface area contributed by atoms with Crippen molar-refractivity contribution in [2.24, 2.45) is 10.2 Å². The number of azo groups is 1. The quantitative estimate of drug-likeness (QED) is 0.556. The van der Waals surface area contributed by atoms with Gasteiger partial charge in [-0.2, -0.15) is 5.11 Å². The van der Waals surface area contributed by atoms with Crippen molar-refractivity contribution < 1.29 is 14.7 Å². The molecule has 0 aromatic carbocycles. The van der Waals surface area contributed by atoms with Crippen molar-refractivity contribution in [3.63, 3.8) is 0 Å². The highest BCUT2D eigenvalue weighted by atomic mass is 16.4. The Morgan fingerprint density at radius 3 is 2.80 bits per heavy atom. The van der Waals surface area contributed by atoms with Gasteiger partial charge in [-0.05, 0) is 6.08 Å². The van der Waals surface area contributed by atoms with Gasteiger partial charge in [0.1, 0.15) is 0 Å². The van der Waals surface area contributed by atoms with Crippen molar-refractivity contribution in [1.82, 2.24) is 0 Å². The second kappa shape index (κ2) is 2.38. The summed E-state index contributed by atoms with van der Waals surface area (Å²) in [6.45, 7) is 0. The Hall–Kier alpha value is -1.52. The molecule has 1 atom stereocenters. The number of carboxylic acid groups (broad SMARTS) is 1. The molecule has 0 saturated heterocycles. The standard InChI is InChI=1S/C5H4N2O3/c8-4-2-1-3(5(9)10)6-7-4/h1-3H,(H,9,10)/t3-/m1/s1. The summed E-state index contributed by atoms with van der Waals surface area (Å²) >= 11 is 0. The van der Waals surface area contributed by atoms with Crippen LogP contribution in [0.4, 0.5) is 0 Å². The Bertz CT molecular complexity index is 215. The molecule has 0 aliphatic carbocycles. The molecule has 1 rings (SSSR count). The largest absolute Gasteiger partial charge is 0.479 e. The van der Waals surface area contributed by atoms with E-state index in [0.29, 0.717) is 0 Å². The fourth-order valence-corrected chi connectivity index (χ4v) is 0.496. The lowest BCUT2D eigenvalue weighted by Gasteiger charge is -2.00. The van der Waals surface area contributed by atoms with E-state index in [0.717, 1.165) is 6.08 Å². The van der Waals surface area contributed by atoms with Crippen LogP contribution in [0.5, 0.6) is 0 Å². The van der Waals surface area contributed by atoms with E-state index >= 15 is 0 Å². The summed E-state index contributed by atoms with van der Waals surface area (Å²) in [5.41, 5.74) is 0. The zero-order chi connectivity index (χ0) is 7.56. The van der Waals surface area contributed by atoms with Crippen LogP contribution in [0.25, 0.3) is 0 Å². The first-order valence-corrected chi connectivity index (χ1v) is 2.56. The molecule has 0 fully saturated rings. The molecular formula is C5H4N2O3. The van der Waals surface area contributed by atoms with Crippen LogP contribution in [0, 0.1) is 0 Å². The van der Waals surface area contributed by atoms with Crippen molar-refractivity contribution in [3.8, 4) is 0 Å². The topological polar surface area (TPSA) is 79.1 Å². The van der Waals surface area contributed by atoms with E-state index in [1.165, 1.54) is 6.08 Å². The van der Waals surface area contributed by atoms with Crippen LogP contribution in [-0.2, 0) is 9.59 Å². The molecule has 0 bridgehead atoms. The van der Waals surface area contributed by atoms with Crippen LogP contribution >= 0.6 is 0 Å². The van der Waals surface area contributed by atoms with Gasteiger partial charge in [-0.3, -0.25) is 4.79 Å². The fourth-order valence-electron chi connectivity index (χ4n) is 0.496. The third kappa shape index (κ3) is 1.25. The summed E-state index contributed by atoms with van der Waals surface area (Å²) in [6, 6.07) is -0.988. The number of amides is 1. The van der Waals surface area contributed by atoms with Gasteiger partial charge in [-0.15, -0.1) is 5.11 Å². The predicted molar refractivity (Wildman–Crippen MR) is 30.4 cm³/mol. The molecule has 0 radical (unpaired) electrons. The number of hydrogen-bond acceptors (Lipinski definition) is 3. The molecule has 52 valence electrons. The lowest BCUT2D eigenvalue weighted by atomic mass is 10.2. The maximum Gasteiger partial charge on any atom is 0.334 e. The van der Waals surface area contributed by atoms with Gasteiger partial charge in [0.05, 0.1) is 0 Å². The van der Waals surface area contributed by atoms with Crippen molar-refractivity contribution in [1.29, 1.82) is 0 Å². The number of carboxylic acids is 1. The van der Waals surface area contributed by atoms with Crippen LogP contribution in [0.3, 0.4) is 0 Å². The van der Waals surface area contributed by atoms with Crippen LogP contribution < -0.4 is 0 Å². The second-order valence-corrected chi connectivity index (χ2v) is 1.70. The summed E-state index contributed by atoms with van der Waals surface area (Å²) in [7, 11) is 0. The van der Waals surface area contributed by atoms with Gasteiger partial charge in [0.25, 0.3) is 5.91 Å². The van der Waals surface area contributed by atoms with Crippen LogP contribution in [0.15, 0.2) is 22.4 Å². The third-order valence-electron chi connectivity index (χ3n) is 0.955. The average Bonchev–Trinajstić information content (AvgIpc) is 1.88. The Balaban J connectivity index is 2.71. The van der Waals surface area contributed by atoms with E-state index in [-0.39, 0.29) is 0 Å². The van der Waals surface area contributed by atoms with Crippen molar-refractivity contribution in [2.75, 3.05) is 0 Å². The maximum absolute atomic E-state index is 10.3. The molecule has 0 aromatic heterocycles. The number of hydrogen-bond donors (Lipinski definition) is 1. The first kappa shape index (κ1) is 6.60. The van der Waals surface area contributed by atoms with Crippen LogP contribution in [-0.4, -0.2) is 23.0 Å². The maximum atomic E-state index is 10.3. The van der Waals surface area contributed by atoms with Crippen LogP contribution in [0.2, 0.25) is 0 Å². The van der Waals surface area contributed by atoms with E-state index in [9.17, 15) is 9.59 Å². The molecule has 0 aromatic rings. The molecule has 5 nitrogen and oxygen atoms in total. The third-order valence-corrected chi connectivity index (χ3v) is 0.955. The second-order valence-electron chi connectivity index (χ2n) is 1.70. The van der Waals surface area contributed by atoms with Crippen molar-refractivity contribution in [2.45, 2.75) is 6.04 Å². The highest BCUT2D eigenvalue weighted by Crippen LogP contribution is 2.01. The molecule has 1 aliphatic rings.